The van der Waals surface area contributed by atoms with Gasteiger partial charge in [0, 0.05) is 22.3 Å². The zero-order chi connectivity index (χ0) is 15.6. The van der Waals surface area contributed by atoms with E-state index >= 15 is 0 Å². The monoisotopic (exact) mass is 353 g/mol. The Balaban J connectivity index is 2.42. The van der Waals surface area contributed by atoms with Crippen molar-refractivity contribution in [2.24, 2.45) is 0 Å². The summed E-state index contributed by atoms with van der Waals surface area (Å²) in [7, 11) is 0. The average molecular weight is 354 g/mol. The fourth-order valence-electron chi connectivity index (χ4n) is 1.67. The van der Waals surface area contributed by atoms with Crippen LogP contribution in [0.5, 0.6) is 0 Å². The molecule has 0 aliphatic rings. The van der Waals surface area contributed by atoms with E-state index in [1.54, 1.807) is 6.07 Å². The number of nitriles is 1. The topological polar surface area (TPSA) is 79.0 Å². The van der Waals surface area contributed by atoms with Crippen molar-refractivity contribution in [3.05, 3.63) is 62.1 Å². The van der Waals surface area contributed by atoms with E-state index in [2.05, 4.69) is 21.2 Å². The van der Waals surface area contributed by atoms with Crippen molar-refractivity contribution in [2.75, 3.05) is 5.32 Å². The van der Waals surface area contributed by atoms with Gasteiger partial charge in [-0.1, -0.05) is 0 Å². The minimum Gasteiger partial charge on any atom is -0.352 e. The van der Waals surface area contributed by atoms with Crippen molar-refractivity contribution in [1.82, 2.24) is 0 Å². The third-order valence-electron chi connectivity index (χ3n) is 2.59. The van der Waals surface area contributed by atoms with Crippen LogP contribution in [0, 0.1) is 33.1 Å². The first-order valence-electron chi connectivity index (χ1n) is 5.52. The minimum atomic E-state index is -0.835. The van der Waals surface area contributed by atoms with E-state index in [0.29, 0.717) is 6.07 Å². The van der Waals surface area contributed by atoms with Gasteiger partial charge < -0.3 is 5.32 Å². The molecule has 0 heterocycles. The molecule has 1 N–H and O–H groups in total. The number of nitro benzene ring substituents is 1. The highest BCUT2D eigenvalue weighted by Crippen LogP contribution is 2.31. The number of nitrogens with zero attached hydrogens (tertiary/aromatic N) is 2. The van der Waals surface area contributed by atoms with Gasteiger partial charge in [-0.15, -0.1) is 0 Å². The zero-order valence-electron chi connectivity index (χ0n) is 10.2. The summed E-state index contributed by atoms with van der Waals surface area (Å²) in [6.07, 6.45) is 0. The maximum Gasteiger partial charge on any atom is 0.287 e. The molecule has 0 aliphatic heterocycles. The lowest BCUT2D eigenvalue weighted by Gasteiger charge is -2.10. The second-order valence-corrected chi connectivity index (χ2v) is 4.82. The number of nitrogens with one attached hydrogen (secondary N) is 1. The molecule has 0 radical (unpaired) electrons. The first kappa shape index (κ1) is 14.9. The second-order valence-electron chi connectivity index (χ2n) is 3.97. The Kier molecular flexibility index (Phi) is 4.14. The lowest BCUT2D eigenvalue weighted by molar-refractivity contribution is -0.385. The minimum absolute atomic E-state index is 0.0332. The van der Waals surface area contributed by atoms with Gasteiger partial charge in [-0.05, 0) is 34.1 Å². The Morgan fingerprint density at radius 3 is 2.57 bits per heavy atom. The third kappa shape index (κ3) is 3.14. The van der Waals surface area contributed by atoms with Crippen LogP contribution in [0.3, 0.4) is 0 Å². The highest BCUT2D eigenvalue weighted by atomic mass is 79.9. The number of rotatable bonds is 3. The number of anilines is 2. The predicted octanol–water partition coefficient (Wildman–Crippen LogP) is 4.25. The highest BCUT2D eigenvalue weighted by molar-refractivity contribution is 9.10. The van der Waals surface area contributed by atoms with Gasteiger partial charge in [0.15, 0.2) is 5.82 Å². The predicted molar refractivity (Wildman–Crippen MR) is 75.2 cm³/mol. The van der Waals surface area contributed by atoms with Crippen LogP contribution in [0.25, 0.3) is 0 Å². The van der Waals surface area contributed by atoms with Gasteiger partial charge in [0.05, 0.1) is 10.6 Å². The first-order chi connectivity index (χ1) is 9.92. The summed E-state index contributed by atoms with van der Waals surface area (Å²) in [5.74, 6) is -1.58. The first-order valence-corrected chi connectivity index (χ1v) is 6.32. The van der Waals surface area contributed by atoms with E-state index in [9.17, 15) is 18.9 Å². The molecule has 8 heteroatoms. The summed E-state index contributed by atoms with van der Waals surface area (Å²) >= 11 is 3.01. The highest BCUT2D eigenvalue weighted by Gasteiger charge is 2.15. The molecule has 0 aliphatic carbocycles. The molecule has 2 aromatic rings. The Morgan fingerprint density at radius 1 is 1.29 bits per heavy atom. The summed E-state index contributed by atoms with van der Waals surface area (Å²) < 4.78 is 26.8. The van der Waals surface area contributed by atoms with E-state index in [1.165, 1.54) is 12.1 Å². The molecular weight excluding hydrogens is 348 g/mol. The molecule has 21 heavy (non-hydrogen) atoms. The fourth-order valence-corrected chi connectivity index (χ4v) is 2.18. The molecule has 106 valence electrons. The van der Waals surface area contributed by atoms with Crippen molar-refractivity contribution in [2.45, 2.75) is 0 Å². The van der Waals surface area contributed by atoms with Crippen LogP contribution in [0.2, 0.25) is 0 Å². The van der Waals surface area contributed by atoms with Crippen molar-refractivity contribution in [1.29, 1.82) is 5.26 Å². The van der Waals surface area contributed by atoms with Gasteiger partial charge in [0.25, 0.3) is 5.69 Å². The van der Waals surface area contributed by atoms with Gasteiger partial charge >= 0.3 is 0 Å². The summed E-state index contributed by atoms with van der Waals surface area (Å²) in [5, 5.41) is 22.3. The Hall–Kier alpha value is -2.53. The molecular formula is C13H6BrF2N3O2. The molecule has 5 nitrogen and oxygen atoms in total. The van der Waals surface area contributed by atoms with Gasteiger partial charge in [0.1, 0.15) is 17.4 Å². The van der Waals surface area contributed by atoms with Crippen LogP contribution in [0.4, 0.5) is 25.8 Å². The second kappa shape index (κ2) is 5.85. The molecule has 0 atom stereocenters. The van der Waals surface area contributed by atoms with Gasteiger partial charge in [-0.25, -0.2) is 8.78 Å². The normalized spacial score (nSPS) is 10.0. The Bertz CT molecular complexity index is 751. The lowest BCUT2D eigenvalue weighted by atomic mass is 10.1. The maximum absolute atomic E-state index is 13.7. The molecule has 0 unspecified atom stereocenters. The SMILES string of the molecule is N#Cc1cc(Nc2c(F)cc(F)cc2Br)ccc1[N+](=O)[O-]. The molecule has 0 spiro atoms. The van der Waals surface area contributed by atoms with Crippen LogP contribution >= 0.6 is 15.9 Å². The Morgan fingerprint density at radius 2 is 2.00 bits per heavy atom. The van der Waals surface area contributed by atoms with Crippen molar-refractivity contribution >= 4 is 33.0 Å². The van der Waals surface area contributed by atoms with Crippen molar-refractivity contribution in [3.63, 3.8) is 0 Å². The number of nitro groups is 1. The molecule has 0 aromatic heterocycles. The fraction of sp³-hybridized carbons (Fsp3) is 0. The van der Waals surface area contributed by atoms with E-state index in [1.807, 2.05) is 0 Å². The zero-order valence-corrected chi connectivity index (χ0v) is 11.8. The van der Waals surface area contributed by atoms with Crippen molar-refractivity contribution in [3.8, 4) is 6.07 Å². The number of hydrogen-bond donors (Lipinski definition) is 1. The quantitative estimate of drug-likeness (QED) is 0.660. The molecule has 0 fully saturated rings. The summed E-state index contributed by atoms with van der Waals surface area (Å²) in [5.41, 5.74) is -0.275. The average Bonchev–Trinajstić information content (AvgIpc) is 2.42. The summed E-state index contributed by atoms with van der Waals surface area (Å²) in [6, 6.07) is 7.14. The van der Waals surface area contributed by atoms with Crippen LogP contribution in [-0.2, 0) is 0 Å². The molecule has 0 bridgehead atoms. The lowest BCUT2D eigenvalue weighted by Crippen LogP contribution is -1.98. The maximum atomic E-state index is 13.7. The molecule has 2 aromatic carbocycles. The van der Waals surface area contributed by atoms with Gasteiger partial charge in [-0.2, -0.15) is 5.26 Å². The van der Waals surface area contributed by atoms with Crippen molar-refractivity contribution < 1.29 is 13.7 Å². The molecule has 0 saturated heterocycles. The van der Waals surface area contributed by atoms with E-state index in [0.717, 1.165) is 12.1 Å². The molecule has 0 saturated carbocycles. The standard InChI is InChI=1S/C13H6BrF2N3O2/c14-10-4-8(15)5-11(16)13(10)18-9-1-2-12(19(20)21)7(3-9)6-17/h1-5,18H. The molecule has 2 rings (SSSR count). The van der Waals surface area contributed by atoms with Crippen LogP contribution in [-0.4, -0.2) is 4.92 Å². The van der Waals surface area contributed by atoms with Gasteiger partial charge in [-0.3, -0.25) is 10.1 Å². The van der Waals surface area contributed by atoms with Gasteiger partial charge in [0.2, 0.25) is 0 Å². The van der Waals surface area contributed by atoms with E-state index in [-0.39, 0.29) is 27.1 Å². The van der Waals surface area contributed by atoms with Crippen LogP contribution in [0.1, 0.15) is 5.56 Å². The summed E-state index contributed by atoms with van der Waals surface area (Å²) in [4.78, 5) is 10.0. The number of benzene rings is 2. The van der Waals surface area contributed by atoms with E-state index in [4.69, 9.17) is 5.26 Å². The van der Waals surface area contributed by atoms with Crippen LogP contribution in [0.15, 0.2) is 34.8 Å². The largest absolute Gasteiger partial charge is 0.352 e. The van der Waals surface area contributed by atoms with Crippen LogP contribution < -0.4 is 5.32 Å². The smallest absolute Gasteiger partial charge is 0.287 e. The number of halogens is 3. The van der Waals surface area contributed by atoms with E-state index < -0.39 is 16.6 Å². The molecule has 0 amide bonds. The summed E-state index contributed by atoms with van der Waals surface area (Å²) in [6.45, 7) is 0. The third-order valence-corrected chi connectivity index (χ3v) is 3.22. The Labute approximate surface area is 126 Å². The number of hydrogen-bond acceptors (Lipinski definition) is 4.